The largest absolute Gasteiger partial charge is 0.338 e. The number of sulfonamides is 1. The van der Waals surface area contributed by atoms with Crippen LogP contribution in [0.25, 0.3) is 10.1 Å². The van der Waals surface area contributed by atoms with Gasteiger partial charge in [0.25, 0.3) is 5.91 Å². The molecule has 1 fully saturated rings. The third-order valence-electron chi connectivity index (χ3n) is 4.75. The molecule has 1 aliphatic heterocycles. The first-order valence-electron chi connectivity index (χ1n) is 8.72. The number of thiophene rings is 1. The monoisotopic (exact) mass is 380 g/mol. The van der Waals surface area contributed by atoms with Crippen molar-refractivity contribution in [2.75, 3.05) is 30.2 Å². The Labute approximate surface area is 153 Å². The number of benzene rings is 1. The first kappa shape index (κ1) is 18.2. The summed E-state index contributed by atoms with van der Waals surface area (Å²) in [5.41, 5.74) is 0.626. The van der Waals surface area contributed by atoms with Crippen LogP contribution in [0, 0.1) is 0 Å². The summed E-state index contributed by atoms with van der Waals surface area (Å²) in [5, 5.41) is 0.916. The summed E-state index contributed by atoms with van der Waals surface area (Å²) in [4.78, 5) is 15.5. The molecule has 0 bridgehead atoms. The van der Waals surface area contributed by atoms with Gasteiger partial charge < -0.3 is 4.90 Å². The zero-order valence-corrected chi connectivity index (χ0v) is 16.3. The lowest BCUT2D eigenvalue weighted by Gasteiger charge is -2.19. The number of hydrogen-bond acceptors (Lipinski definition) is 4. The molecule has 0 spiro atoms. The summed E-state index contributed by atoms with van der Waals surface area (Å²) in [6.45, 7) is 3.29. The normalized spacial score (nSPS) is 16.0. The highest BCUT2D eigenvalue weighted by Crippen LogP contribution is 2.31. The van der Waals surface area contributed by atoms with E-state index < -0.39 is 10.0 Å². The van der Waals surface area contributed by atoms with E-state index in [2.05, 4.69) is 0 Å². The summed E-state index contributed by atoms with van der Waals surface area (Å²) < 4.78 is 26.4. The summed E-state index contributed by atoms with van der Waals surface area (Å²) in [6, 6.07) is 7.43. The second-order valence-electron chi connectivity index (χ2n) is 6.41. The lowest BCUT2D eigenvalue weighted by Crippen LogP contribution is -2.31. The molecule has 2 heterocycles. The maximum Gasteiger partial charge on any atom is 0.263 e. The summed E-state index contributed by atoms with van der Waals surface area (Å²) in [7, 11) is -1.72. The van der Waals surface area contributed by atoms with Crippen molar-refractivity contribution in [1.29, 1.82) is 0 Å². The van der Waals surface area contributed by atoms with Crippen LogP contribution in [-0.4, -0.2) is 45.1 Å². The van der Waals surface area contributed by atoms with Gasteiger partial charge in [0.05, 0.1) is 16.3 Å². The SMILES string of the molecule is CCS(=O)(=O)N(C)c1ccc2sc(C(=O)N3CCCCCC3)cc2c1. The van der Waals surface area contributed by atoms with Crippen molar-refractivity contribution in [1.82, 2.24) is 4.90 Å². The fraction of sp³-hybridized carbons (Fsp3) is 0.500. The van der Waals surface area contributed by atoms with Crippen molar-refractivity contribution in [3.8, 4) is 0 Å². The Kier molecular flexibility index (Phi) is 5.34. The third kappa shape index (κ3) is 3.82. The van der Waals surface area contributed by atoms with E-state index >= 15 is 0 Å². The van der Waals surface area contributed by atoms with Gasteiger partial charge >= 0.3 is 0 Å². The molecule has 0 aliphatic carbocycles. The van der Waals surface area contributed by atoms with E-state index in [1.54, 1.807) is 20.0 Å². The van der Waals surface area contributed by atoms with Gasteiger partial charge in [0.15, 0.2) is 0 Å². The number of nitrogens with zero attached hydrogens (tertiary/aromatic N) is 2. The highest BCUT2D eigenvalue weighted by molar-refractivity contribution is 7.92. The zero-order valence-electron chi connectivity index (χ0n) is 14.7. The molecule has 3 rings (SSSR count). The molecule has 25 heavy (non-hydrogen) atoms. The van der Waals surface area contributed by atoms with Crippen LogP contribution in [0.15, 0.2) is 24.3 Å². The Bertz CT molecular complexity index is 866. The Morgan fingerprint density at radius 3 is 2.48 bits per heavy atom. The van der Waals surface area contributed by atoms with Crippen molar-refractivity contribution in [3.63, 3.8) is 0 Å². The first-order valence-corrected chi connectivity index (χ1v) is 11.1. The number of fused-ring (bicyclic) bond motifs is 1. The molecule has 1 aromatic heterocycles. The van der Waals surface area contributed by atoms with Gasteiger partial charge in [0.2, 0.25) is 10.0 Å². The fourth-order valence-corrected chi connectivity index (χ4v) is 4.95. The molecule has 2 aromatic rings. The Hall–Kier alpha value is -1.60. The average Bonchev–Trinajstić information content (AvgIpc) is 2.85. The van der Waals surface area contributed by atoms with Crippen molar-refractivity contribution >= 4 is 43.0 Å². The highest BCUT2D eigenvalue weighted by Gasteiger charge is 2.20. The maximum atomic E-state index is 12.8. The minimum absolute atomic E-state index is 0.0594. The molecular formula is C18H24N2O3S2. The Morgan fingerprint density at radius 1 is 1.16 bits per heavy atom. The molecule has 7 heteroatoms. The molecular weight excluding hydrogens is 356 g/mol. The van der Waals surface area contributed by atoms with Gasteiger partial charge in [-0.1, -0.05) is 12.8 Å². The van der Waals surface area contributed by atoms with Crippen LogP contribution >= 0.6 is 11.3 Å². The van der Waals surface area contributed by atoms with Crippen LogP contribution in [0.1, 0.15) is 42.3 Å². The van der Waals surface area contributed by atoms with Crippen LogP contribution < -0.4 is 4.31 Å². The van der Waals surface area contributed by atoms with Gasteiger partial charge in [-0.15, -0.1) is 11.3 Å². The molecule has 1 aliphatic rings. The maximum absolute atomic E-state index is 12.8. The van der Waals surface area contributed by atoms with Crippen molar-refractivity contribution < 1.29 is 13.2 Å². The fourth-order valence-electron chi connectivity index (χ4n) is 3.12. The lowest BCUT2D eigenvalue weighted by molar-refractivity contribution is 0.0766. The molecule has 0 radical (unpaired) electrons. The van der Waals surface area contributed by atoms with Crippen molar-refractivity contribution in [3.05, 3.63) is 29.1 Å². The molecule has 5 nitrogen and oxygen atoms in total. The minimum Gasteiger partial charge on any atom is -0.338 e. The molecule has 1 amide bonds. The van der Waals surface area contributed by atoms with Gasteiger partial charge in [-0.05, 0) is 49.4 Å². The number of carbonyl (C=O) groups is 1. The van der Waals surface area contributed by atoms with Crippen molar-refractivity contribution in [2.45, 2.75) is 32.6 Å². The summed E-state index contributed by atoms with van der Waals surface area (Å²) >= 11 is 1.48. The van der Waals surface area contributed by atoms with E-state index in [-0.39, 0.29) is 11.7 Å². The number of rotatable bonds is 4. The van der Waals surface area contributed by atoms with Crippen LogP contribution in [0.4, 0.5) is 5.69 Å². The van der Waals surface area contributed by atoms with E-state index in [0.717, 1.165) is 40.9 Å². The summed E-state index contributed by atoms with van der Waals surface area (Å²) in [6.07, 6.45) is 4.52. The van der Waals surface area contributed by atoms with E-state index in [1.165, 1.54) is 28.5 Å². The first-order chi connectivity index (χ1) is 11.9. The van der Waals surface area contributed by atoms with E-state index in [0.29, 0.717) is 5.69 Å². The number of likely N-dealkylation sites (tertiary alicyclic amines) is 1. The van der Waals surface area contributed by atoms with Gasteiger partial charge in [0.1, 0.15) is 0 Å². The molecule has 0 unspecified atom stereocenters. The van der Waals surface area contributed by atoms with Gasteiger partial charge in [-0.3, -0.25) is 9.10 Å². The van der Waals surface area contributed by atoms with E-state index in [4.69, 9.17) is 0 Å². The van der Waals surface area contributed by atoms with Gasteiger partial charge in [-0.25, -0.2) is 8.42 Å². The third-order valence-corrected chi connectivity index (χ3v) is 7.63. The van der Waals surface area contributed by atoms with Crippen LogP contribution in [0.5, 0.6) is 0 Å². The summed E-state index contributed by atoms with van der Waals surface area (Å²) in [5.74, 6) is 0.156. The van der Waals surface area contributed by atoms with E-state index in [1.807, 2.05) is 23.1 Å². The second-order valence-corrected chi connectivity index (χ2v) is 9.78. The molecule has 136 valence electrons. The smallest absolute Gasteiger partial charge is 0.263 e. The lowest BCUT2D eigenvalue weighted by atomic mass is 10.2. The van der Waals surface area contributed by atoms with Gasteiger partial charge in [-0.2, -0.15) is 0 Å². The zero-order chi connectivity index (χ0) is 18.0. The minimum atomic E-state index is -3.29. The highest BCUT2D eigenvalue weighted by atomic mass is 32.2. The molecule has 0 atom stereocenters. The quantitative estimate of drug-likeness (QED) is 0.812. The average molecular weight is 381 g/mol. The number of hydrogen-bond donors (Lipinski definition) is 0. The van der Waals surface area contributed by atoms with Gasteiger partial charge in [0, 0.05) is 24.8 Å². The van der Waals surface area contributed by atoms with Crippen LogP contribution in [-0.2, 0) is 10.0 Å². The predicted molar refractivity (Wildman–Crippen MR) is 104 cm³/mol. The topological polar surface area (TPSA) is 57.7 Å². The molecule has 0 N–H and O–H groups in total. The van der Waals surface area contributed by atoms with E-state index in [9.17, 15) is 13.2 Å². The predicted octanol–water partition coefficient (Wildman–Crippen LogP) is 3.70. The molecule has 0 saturated carbocycles. The Balaban J connectivity index is 1.88. The molecule has 1 saturated heterocycles. The molecule has 1 aromatic carbocycles. The van der Waals surface area contributed by atoms with Crippen LogP contribution in [0.2, 0.25) is 0 Å². The number of carbonyl (C=O) groups excluding carboxylic acids is 1. The Morgan fingerprint density at radius 2 is 1.84 bits per heavy atom. The van der Waals surface area contributed by atoms with Crippen LogP contribution in [0.3, 0.4) is 0 Å². The van der Waals surface area contributed by atoms with Crippen molar-refractivity contribution in [2.24, 2.45) is 0 Å². The number of anilines is 1. The number of amides is 1. The standard InChI is InChI=1S/C18H24N2O3S2/c1-3-25(22,23)19(2)15-8-9-16-14(12-15)13-17(24-16)18(21)20-10-6-4-5-7-11-20/h8-9,12-13H,3-7,10-11H2,1-2H3. The second kappa shape index (κ2) is 7.33.